The van der Waals surface area contributed by atoms with Gasteiger partial charge in [-0.3, -0.25) is 4.79 Å². The quantitative estimate of drug-likeness (QED) is 0.508. The van der Waals surface area contributed by atoms with Crippen LogP contribution in [0.15, 0.2) is 60.0 Å². The van der Waals surface area contributed by atoms with E-state index in [9.17, 15) is 13.6 Å². The van der Waals surface area contributed by atoms with Crippen molar-refractivity contribution in [2.75, 3.05) is 19.5 Å². The number of carbonyl (C=O) groups is 1. The van der Waals surface area contributed by atoms with E-state index in [1.807, 2.05) is 0 Å². The lowest BCUT2D eigenvalue weighted by Crippen LogP contribution is -2.17. The zero-order chi connectivity index (χ0) is 20.8. The van der Waals surface area contributed by atoms with Crippen molar-refractivity contribution in [2.24, 2.45) is 5.16 Å². The van der Waals surface area contributed by atoms with E-state index in [0.717, 1.165) is 12.1 Å². The molecule has 0 aliphatic rings. The second-order valence-electron chi connectivity index (χ2n) is 5.69. The van der Waals surface area contributed by atoms with Crippen LogP contribution in [0, 0.1) is 11.6 Å². The van der Waals surface area contributed by atoms with Gasteiger partial charge in [-0.25, -0.2) is 18.7 Å². The zero-order valence-corrected chi connectivity index (χ0v) is 15.5. The third kappa shape index (κ3) is 4.52. The van der Waals surface area contributed by atoms with Crippen molar-refractivity contribution < 1.29 is 23.1 Å². The molecule has 0 fully saturated rings. The first-order valence-corrected chi connectivity index (χ1v) is 8.37. The molecule has 0 unspecified atom stereocenters. The Kier molecular flexibility index (Phi) is 6.08. The van der Waals surface area contributed by atoms with Crippen molar-refractivity contribution >= 4 is 17.4 Å². The molecule has 3 aromatic rings. The number of carbonyl (C=O) groups excluding carboxylic acids is 1. The number of oxime groups is 1. The van der Waals surface area contributed by atoms with Crippen LogP contribution in [0.1, 0.15) is 21.5 Å². The summed E-state index contributed by atoms with van der Waals surface area (Å²) in [7, 11) is 2.91. The average molecular weight is 398 g/mol. The normalized spacial score (nSPS) is 11.1. The fourth-order valence-electron chi connectivity index (χ4n) is 2.51. The molecule has 1 N–H and O–H groups in total. The second kappa shape index (κ2) is 8.87. The molecular weight excluding hydrogens is 382 g/mol. The maximum atomic E-state index is 13.7. The molecule has 0 aliphatic carbocycles. The van der Waals surface area contributed by atoms with Crippen LogP contribution in [0.3, 0.4) is 0 Å². The van der Waals surface area contributed by atoms with E-state index in [4.69, 9.17) is 9.57 Å². The molecule has 0 atom stereocenters. The van der Waals surface area contributed by atoms with E-state index >= 15 is 0 Å². The van der Waals surface area contributed by atoms with Crippen molar-refractivity contribution in [3.63, 3.8) is 0 Å². The summed E-state index contributed by atoms with van der Waals surface area (Å²) < 4.78 is 32.5. The molecular formula is C20H16F2N4O3. The molecule has 9 heteroatoms. The number of nitrogens with zero attached hydrogens (tertiary/aromatic N) is 3. The molecule has 0 bridgehead atoms. The third-order valence-electron chi connectivity index (χ3n) is 3.87. The molecule has 3 rings (SSSR count). The van der Waals surface area contributed by atoms with E-state index in [1.165, 1.54) is 32.5 Å². The Bertz CT molecular complexity index is 1020. The van der Waals surface area contributed by atoms with Gasteiger partial charge in [0.05, 0.1) is 7.11 Å². The van der Waals surface area contributed by atoms with Gasteiger partial charge in [-0.05, 0) is 30.3 Å². The van der Waals surface area contributed by atoms with Crippen LogP contribution in [0.5, 0.6) is 5.88 Å². The van der Waals surface area contributed by atoms with Crippen LogP contribution < -0.4 is 10.1 Å². The van der Waals surface area contributed by atoms with Crippen LogP contribution in [-0.2, 0) is 4.84 Å². The first-order valence-electron chi connectivity index (χ1n) is 8.37. The van der Waals surface area contributed by atoms with Gasteiger partial charge in [0.2, 0.25) is 5.88 Å². The number of pyridine rings is 2. The monoisotopic (exact) mass is 398 g/mol. The van der Waals surface area contributed by atoms with Gasteiger partial charge < -0.3 is 14.9 Å². The Morgan fingerprint density at radius 1 is 0.966 bits per heavy atom. The number of nitrogens with one attached hydrogen (secondary N) is 1. The maximum Gasteiger partial charge on any atom is 0.262 e. The number of anilines is 1. The first-order chi connectivity index (χ1) is 14.0. The summed E-state index contributed by atoms with van der Waals surface area (Å²) in [5.74, 6) is -2.29. The highest BCUT2D eigenvalue weighted by Gasteiger charge is 2.18. The molecule has 1 aromatic carbocycles. The van der Waals surface area contributed by atoms with Gasteiger partial charge in [0.1, 0.15) is 35.8 Å². The molecule has 0 saturated heterocycles. The lowest BCUT2D eigenvalue weighted by Gasteiger charge is -2.09. The van der Waals surface area contributed by atoms with Crippen LogP contribution in [0.4, 0.5) is 14.6 Å². The van der Waals surface area contributed by atoms with E-state index in [0.29, 0.717) is 22.7 Å². The van der Waals surface area contributed by atoms with Gasteiger partial charge in [0, 0.05) is 29.6 Å². The summed E-state index contributed by atoms with van der Waals surface area (Å²) in [5, 5.41) is 6.35. The fraction of sp³-hybridized carbons (Fsp3) is 0.100. The van der Waals surface area contributed by atoms with E-state index in [2.05, 4.69) is 20.4 Å². The Hall–Kier alpha value is -3.88. The van der Waals surface area contributed by atoms with E-state index < -0.39 is 23.1 Å². The highest BCUT2D eigenvalue weighted by atomic mass is 19.1. The van der Waals surface area contributed by atoms with Gasteiger partial charge >= 0.3 is 0 Å². The highest BCUT2D eigenvalue weighted by molar-refractivity contribution is 6.12. The number of benzene rings is 1. The number of aromatic nitrogens is 2. The van der Waals surface area contributed by atoms with Gasteiger partial charge in [-0.2, -0.15) is 0 Å². The third-order valence-corrected chi connectivity index (χ3v) is 3.87. The van der Waals surface area contributed by atoms with Crippen molar-refractivity contribution in [3.05, 3.63) is 83.2 Å². The Labute approximate surface area is 165 Å². The summed E-state index contributed by atoms with van der Waals surface area (Å²) in [4.78, 5) is 25.3. The second-order valence-corrected chi connectivity index (χ2v) is 5.69. The van der Waals surface area contributed by atoms with Gasteiger partial charge in [-0.1, -0.05) is 11.2 Å². The number of halogens is 2. The first kappa shape index (κ1) is 19.9. The van der Waals surface area contributed by atoms with Crippen LogP contribution in [0.25, 0.3) is 0 Å². The molecule has 29 heavy (non-hydrogen) atoms. The van der Waals surface area contributed by atoms with Crippen LogP contribution in [0.2, 0.25) is 0 Å². The molecule has 1 amide bonds. The molecule has 0 spiro atoms. The number of amides is 1. The van der Waals surface area contributed by atoms with Crippen molar-refractivity contribution in [2.45, 2.75) is 0 Å². The Morgan fingerprint density at radius 2 is 1.62 bits per heavy atom. The topological polar surface area (TPSA) is 85.7 Å². The number of hydrogen-bond donors (Lipinski definition) is 1. The summed E-state index contributed by atoms with van der Waals surface area (Å²) in [6.07, 6.45) is 3.00. The number of hydrogen-bond acceptors (Lipinski definition) is 6. The molecule has 2 aromatic heterocycles. The number of methoxy groups -OCH3 is 1. The molecule has 2 heterocycles. The molecule has 0 saturated carbocycles. The average Bonchev–Trinajstić information content (AvgIpc) is 2.73. The van der Waals surface area contributed by atoms with Gasteiger partial charge in [0.25, 0.3) is 5.91 Å². The Morgan fingerprint density at radius 3 is 2.14 bits per heavy atom. The maximum absolute atomic E-state index is 13.7. The zero-order valence-electron chi connectivity index (χ0n) is 15.5. The Balaban J connectivity index is 1.82. The minimum absolute atomic E-state index is 0.117. The summed E-state index contributed by atoms with van der Waals surface area (Å²) in [6, 6.07) is 9.72. The summed E-state index contributed by atoms with van der Waals surface area (Å²) >= 11 is 0. The van der Waals surface area contributed by atoms with Crippen LogP contribution in [-0.4, -0.2) is 35.8 Å². The predicted molar refractivity (Wildman–Crippen MR) is 102 cm³/mol. The van der Waals surface area contributed by atoms with E-state index in [-0.39, 0.29) is 5.82 Å². The lowest BCUT2D eigenvalue weighted by molar-refractivity contribution is 0.101. The van der Waals surface area contributed by atoms with Crippen molar-refractivity contribution in [3.8, 4) is 5.88 Å². The smallest absolute Gasteiger partial charge is 0.262 e. The molecule has 148 valence electrons. The lowest BCUT2D eigenvalue weighted by atomic mass is 10.1. The fourth-order valence-corrected chi connectivity index (χ4v) is 2.51. The summed E-state index contributed by atoms with van der Waals surface area (Å²) in [6.45, 7) is 0. The number of rotatable bonds is 6. The van der Waals surface area contributed by atoms with Crippen molar-refractivity contribution in [1.82, 2.24) is 9.97 Å². The van der Waals surface area contributed by atoms with Crippen molar-refractivity contribution in [1.29, 1.82) is 0 Å². The standard InChI is InChI=1S/C20H16F2N4O3/c1-28-17-9-7-13(11-24-17)19(26-29-2)12-6-8-16(23-10-12)25-20(27)18-14(21)4-3-5-15(18)22/h3-11H,1-2H3,(H,23,25,27)/b26-19-. The molecule has 0 aliphatic heterocycles. The number of ether oxygens (including phenoxy) is 1. The minimum Gasteiger partial charge on any atom is -0.481 e. The highest BCUT2D eigenvalue weighted by Crippen LogP contribution is 2.17. The SMILES string of the molecule is CO/N=C(/c1ccc(NC(=O)c2c(F)cccc2F)nc1)c1ccc(OC)nc1. The van der Waals surface area contributed by atoms with Gasteiger partial charge in [0.15, 0.2) is 0 Å². The van der Waals surface area contributed by atoms with Gasteiger partial charge in [-0.15, -0.1) is 0 Å². The summed E-state index contributed by atoms with van der Waals surface area (Å²) in [5.41, 5.74) is 1.01. The largest absolute Gasteiger partial charge is 0.481 e. The molecule has 7 nitrogen and oxygen atoms in total. The minimum atomic E-state index is -0.958. The molecule has 0 radical (unpaired) electrons. The van der Waals surface area contributed by atoms with Crippen LogP contribution >= 0.6 is 0 Å². The predicted octanol–water partition coefficient (Wildman–Crippen LogP) is 3.41. The van der Waals surface area contributed by atoms with E-state index in [1.54, 1.807) is 24.4 Å².